The Kier molecular flexibility index (Phi) is 144. The lowest BCUT2D eigenvalue weighted by Gasteiger charge is -1.69. The van der Waals surface area contributed by atoms with Gasteiger partial charge >= 0.3 is 0 Å². The summed E-state index contributed by atoms with van der Waals surface area (Å²) in [5, 5.41) is 0. The first-order valence-electron chi connectivity index (χ1n) is 9.91. The molecular weight excluding hydrogens is 288 g/mol. The molecule has 24 heavy (non-hydrogen) atoms. The van der Waals surface area contributed by atoms with Gasteiger partial charge in [0.1, 0.15) is 0 Å². The molecule has 0 heteroatoms. The molecule has 2 rings (SSSR count). The molecule has 1 aromatic rings. The normalized spacial score (nSPS) is 8.75. The maximum Gasteiger partial charge on any atom is -0.0533 e. The monoisotopic (exact) mass is 344 g/mol. The van der Waals surface area contributed by atoms with Crippen molar-refractivity contribution in [2.45, 2.75) is 123 Å². The van der Waals surface area contributed by atoms with Gasteiger partial charge in [-0.2, -0.15) is 0 Å². The second kappa shape index (κ2) is 79.5. The Morgan fingerprint density at radius 3 is 0.583 bits per heavy atom. The Bertz CT molecular complexity index is 128. The summed E-state index contributed by atoms with van der Waals surface area (Å²) in [6, 6.07) is 12.0. The summed E-state index contributed by atoms with van der Waals surface area (Å²) >= 11 is 0. The van der Waals surface area contributed by atoms with Crippen LogP contribution in [0, 0.1) is 0 Å². The van der Waals surface area contributed by atoms with Crippen LogP contribution in [0.4, 0.5) is 0 Å². The van der Waals surface area contributed by atoms with Crippen LogP contribution in [0.1, 0.15) is 123 Å². The van der Waals surface area contributed by atoms with Crippen molar-refractivity contribution in [1.29, 1.82) is 0 Å². The lowest BCUT2D eigenvalue weighted by atomic mass is 10.4. The van der Waals surface area contributed by atoms with Crippen LogP contribution >= 0.6 is 0 Å². The van der Waals surface area contributed by atoms with E-state index in [1.807, 2.05) is 91.8 Å². The highest BCUT2D eigenvalue weighted by atomic mass is 14.0. The van der Waals surface area contributed by atoms with Crippen LogP contribution in [0.25, 0.3) is 0 Å². The molecule has 1 aliphatic carbocycles. The molecule has 0 heterocycles. The summed E-state index contributed by atoms with van der Waals surface area (Å²) in [5.41, 5.74) is 0. The molecule has 0 unspecified atom stereocenters. The van der Waals surface area contributed by atoms with E-state index < -0.39 is 0 Å². The lowest BCUT2D eigenvalue weighted by molar-refractivity contribution is 0.886. The topological polar surface area (TPSA) is 0 Å². The lowest BCUT2D eigenvalue weighted by Crippen LogP contribution is -1.47. The minimum absolute atomic E-state index is 0. The first-order valence-corrected chi connectivity index (χ1v) is 9.91. The van der Waals surface area contributed by atoms with E-state index in [0.717, 1.165) is 0 Å². The van der Waals surface area contributed by atoms with Crippen LogP contribution < -0.4 is 0 Å². The molecule has 0 aromatic heterocycles. The van der Waals surface area contributed by atoms with Crippen LogP contribution in [0.5, 0.6) is 0 Å². The Balaban J connectivity index is -0.0000000297. The SMILES string of the molecule is C.C.C1CCCC1.CC.CC.CC.CC.CCC.c1ccccc1. The first kappa shape index (κ1) is 43.6. The van der Waals surface area contributed by atoms with Crippen LogP contribution in [0.15, 0.2) is 36.4 Å². The van der Waals surface area contributed by atoms with Crippen molar-refractivity contribution < 1.29 is 0 Å². The summed E-state index contributed by atoms with van der Waals surface area (Å²) in [4.78, 5) is 0. The Morgan fingerprint density at radius 2 is 0.500 bits per heavy atom. The van der Waals surface area contributed by atoms with E-state index in [0.29, 0.717) is 0 Å². The highest BCUT2D eigenvalue weighted by molar-refractivity contribution is 4.99. The third-order valence-corrected chi connectivity index (χ3v) is 1.92. The van der Waals surface area contributed by atoms with Crippen molar-refractivity contribution >= 4 is 0 Å². The molecule has 0 aliphatic heterocycles. The summed E-state index contributed by atoms with van der Waals surface area (Å²) in [5.74, 6) is 0. The molecule has 0 bridgehead atoms. The van der Waals surface area contributed by atoms with Gasteiger partial charge in [0.05, 0.1) is 0 Å². The molecule has 0 nitrogen and oxygen atoms in total. The maximum atomic E-state index is 2.12. The second-order valence-electron chi connectivity index (χ2n) is 3.63. The third-order valence-electron chi connectivity index (χ3n) is 1.92. The van der Waals surface area contributed by atoms with E-state index in [1.165, 1.54) is 38.5 Å². The minimum Gasteiger partial charge on any atom is -0.0776 e. The zero-order valence-electron chi connectivity index (χ0n) is 17.7. The summed E-state index contributed by atoms with van der Waals surface area (Å²) in [7, 11) is 0. The summed E-state index contributed by atoms with van der Waals surface area (Å²) < 4.78 is 0. The number of hydrogen-bond donors (Lipinski definition) is 0. The minimum atomic E-state index is 0. The van der Waals surface area contributed by atoms with E-state index in [9.17, 15) is 0 Å². The molecule has 0 amide bonds. The molecule has 0 spiro atoms. The molecule has 0 radical (unpaired) electrons. The van der Waals surface area contributed by atoms with Gasteiger partial charge in [-0.3, -0.25) is 0 Å². The van der Waals surface area contributed by atoms with Crippen molar-refractivity contribution in [2.75, 3.05) is 0 Å². The fourth-order valence-corrected chi connectivity index (χ4v) is 1.27. The Hall–Kier alpha value is -0.780. The smallest absolute Gasteiger partial charge is 0.0533 e. The predicted octanol–water partition coefficient (Wildman–Crippen LogP) is 10.4. The van der Waals surface area contributed by atoms with E-state index in [4.69, 9.17) is 0 Å². The fourth-order valence-electron chi connectivity index (χ4n) is 1.27. The highest BCUT2D eigenvalue weighted by Crippen LogP contribution is 2.15. The van der Waals surface area contributed by atoms with Gasteiger partial charge < -0.3 is 0 Å². The van der Waals surface area contributed by atoms with Crippen LogP contribution in [0.3, 0.4) is 0 Å². The molecule has 1 aromatic carbocycles. The van der Waals surface area contributed by atoms with E-state index >= 15 is 0 Å². The molecule has 1 aliphatic rings. The van der Waals surface area contributed by atoms with E-state index in [-0.39, 0.29) is 14.9 Å². The van der Waals surface area contributed by atoms with E-state index in [1.54, 1.807) is 0 Å². The number of rotatable bonds is 0. The number of hydrogen-bond acceptors (Lipinski definition) is 0. The van der Waals surface area contributed by atoms with Gasteiger partial charge in [-0.25, -0.2) is 0 Å². The Labute approximate surface area is 159 Å². The third kappa shape index (κ3) is 83.1. The molecule has 152 valence electrons. The first-order chi connectivity index (χ1) is 10.9. The van der Waals surface area contributed by atoms with Crippen molar-refractivity contribution in [1.82, 2.24) is 0 Å². The average Bonchev–Trinajstić information content (AvgIpc) is 3.24. The van der Waals surface area contributed by atoms with Gasteiger partial charge in [-0.15, -0.1) is 0 Å². The summed E-state index contributed by atoms with van der Waals surface area (Å²) in [6.07, 6.45) is 8.75. The largest absolute Gasteiger partial charge is 0.0776 e. The standard InChI is InChI=1S/C6H6.C5H10.C3H8.4C2H6.2CH4/c1-2-4-6-5-3-1;1-2-4-5-3-1;1-3-2;4*1-2;;/h1-6H;1-5H2;3H2,1-2H3;4*1-2H3;2*1H4. The number of benzene rings is 1. The fraction of sp³-hybridized carbons (Fsp3) is 0.750. The van der Waals surface area contributed by atoms with Gasteiger partial charge in [0.25, 0.3) is 0 Å². The van der Waals surface area contributed by atoms with Gasteiger partial charge in [0.15, 0.2) is 0 Å². The maximum absolute atomic E-state index is 2.12. The van der Waals surface area contributed by atoms with E-state index in [2.05, 4.69) is 13.8 Å². The van der Waals surface area contributed by atoms with Crippen molar-refractivity contribution in [3.05, 3.63) is 36.4 Å². The summed E-state index contributed by atoms with van der Waals surface area (Å²) in [6.45, 7) is 20.2. The zero-order valence-corrected chi connectivity index (χ0v) is 17.7. The molecule has 1 fully saturated rings. The molecular formula is C24H56. The average molecular weight is 345 g/mol. The van der Waals surface area contributed by atoms with Crippen molar-refractivity contribution in [3.8, 4) is 0 Å². The quantitative estimate of drug-likeness (QED) is 0.439. The van der Waals surface area contributed by atoms with Crippen LogP contribution in [-0.2, 0) is 0 Å². The van der Waals surface area contributed by atoms with Gasteiger partial charge in [-0.05, 0) is 0 Å². The van der Waals surface area contributed by atoms with Gasteiger partial charge in [0.2, 0.25) is 0 Å². The van der Waals surface area contributed by atoms with Gasteiger partial charge in [-0.1, -0.05) is 159 Å². The molecule has 0 N–H and O–H groups in total. The molecule has 0 saturated heterocycles. The van der Waals surface area contributed by atoms with Gasteiger partial charge in [0, 0.05) is 0 Å². The molecule has 1 saturated carbocycles. The second-order valence-corrected chi connectivity index (χ2v) is 3.63. The highest BCUT2D eigenvalue weighted by Gasteiger charge is 1.95. The Morgan fingerprint density at radius 1 is 0.417 bits per heavy atom. The predicted molar refractivity (Wildman–Crippen MR) is 124 cm³/mol. The zero-order chi connectivity index (χ0) is 18.5. The van der Waals surface area contributed by atoms with Crippen LogP contribution in [0.2, 0.25) is 0 Å². The van der Waals surface area contributed by atoms with Crippen molar-refractivity contribution in [3.63, 3.8) is 0 Å². The van der Waals surface area contributed by atoms with Crippen LogP contribution in [-0.4, -0.2) is 0 Å². The molecule has 0 atom stereocenters. The van der Waals surface area contributed by atoms with Crippen molar-refractivity contribution in [2.24, 2.45) is 0 Å².